The normalized spacial score (nSPS) is 11.2. The van der Waals surface area contributed by atoms with E-state index in [-0.39, 0.29) is 5.69 Å². The fourth-order valence-corrected chi connectivity index (χ4v) is 3.08. The topological polar surface area (TPSA) is 82.7 Å². The van der Waals surface area contributed by atoms with E-state index in [0.717, 1.165) is 17.2 Å². The molecule has 0 saturated heterocycles. The van der Waals surface area contributed by atoms with Crippen LogP contribution in [0.2, 0.25) is 0 Å². The standard InChI is InChI=1S/C22H15F4N5O/c23-18-11-15(22(24,25)26)4-5-19(18)30-21(32)29-16-3-1-2-14(10-16)20-17(12-28-31-20)13-6-8-27-9-7-13/h1-12H,(H,28,31)(H2,29,30,32). The van der Waals surface area contributed by atoms with Crippen LogP contribution in [0.1, 0.15) is 5.56 Å². The van der Waals surface area contributed by atoms with Crippen LogP contribution in [-0.2, 0) is 6.18 Å². The Labute approximate surface area is 179 Å². The maximum atomic E-state index is 14.0. The van der Waals surface area contributed by atoms with Crippen LogP contribution in [0.3, 0.4) is 0 Å². The summed E-state index contributed by atoms with van der Waals surface area (Å²) < 4.78 is 52.0. The molecule has 2 aromatic heterocycles. The molecule has 0 radical (unpaired) electrons. The number of aromatic amines is 1. The molecular formula is C22H15F4N5O. The van der Waals surface area contributed by atoms with Gasteiger partial charge in [0.05, 0.1) is 16.9 Å². The van der Waals surface area contributed by atoms with E-state index in [0.29, 0.717) is 29.1 Å². The highest BCUT2D eigenvalue weighted by Gasteiger charge is 2.31. The lowest BCUT2D eigenvalue weighted by atomic mass is 10.0. The number of nitrogens with zero attached hydrogens (tertiary/aromatic N) is 2. The number of anilines is 2. The van der Waals surface area contributed by atoms with Crippen molar-refractivity contribution in [2.24, 2.45) is 0 Å². The van der Waals surface area contributed by atoms with Gasteiger partial charge < -0.3 is 10.6 Å². The van der Waals surface area contributed by atoms with Gasteiger partial charge in [-0.2, -0.15) is 18.3 Å². The monoisotopic (exact) mass is 441 g/mol. The first-order valence-corrected chi connectivity index (χ1v) is 9.30. The molecule has 0 spiro atoms. The molecule has 32 heavy (non-hydrogen) atoms. The van der Waals surface area contributed by atoms with Gasteiger partial charge in [-0.15, -0.1) is 0 Å². The van der Waals surface area contributed by atoms with Crippen LogP contribution in [0.4, 0.5) is 33.7 Å². The number of carbonyl (C=O) groups is 1. The van der Waals surface area contributed by atoms with Crippen molar-refractivity contribution >= 4 is 17.4 Å². The molecule has 162 valence electrons. The average molecular weight is 441 g/mol. The second-order valence-electron chi connectivity index (χ2n) is 6.74. The van der Waals surface area contributed by atoms with Crippen molar-refractivity contribution < 1.29 is 22.4 Å². The summed E-state index contributed by atoms with van der Waals surface area (Å²) in [6, 6.07) is 11.5. The van der Waals surface area contributed by atoms with E-state index in [1.807, 2.05) is 12.1 Å². The van der Waals surface area contributed by atoms with Crippen LogP contribution in [0.15, 0.2) is 73.2 Å². The number of halogens is 4. The minimum Gasteiger partial charge on any atom is -0.308 e. The van der Waals surface area contributed by atoms with Crippen LogP contribution in [0, 0.1) is 5.82 Å². The summed E-state index contributed by atoms with van der Waals surface area (Å²) in [6.07, 6.45) is 0.387. The molecule has 3 N–H and O–H groups in total. The molecule has 2 amide bonds. The smallest absolute Gasteiger partial charge is 0.308 e. The first-order chi connectivity index (χ1) is 15.3. The Hall–Kier alpha value is -4.21. The summed E-state index contributed by atoms with van der Waals surface area (Å²) in [5.74, 6) is -1.19. The highest BCUT2D eigenvalue weighted by Crippen LogP contribution is 2.32. The Balaban J connectivity index is 1.51. The number of pyridine rings is 1. The van der Waals surface area contributed by atoms with Gasteiger partial charge in [-0.05, 0) is 48.0 Å². The number of rotatable bonds is 4. The fraction of sp³-hybridized carbons (Fsp3) is 0.0455. The second kappa shape index (κ2) is 8.50. The van der Waals surface area contributed by atoms with Gasteiger partial charge in [-0.3, -0.25) is 10.1 Å². The molecule has 6 nitrogen and oxygen atoms in total. The highest BCUT2D eigenvalue weighted by atomic mass is 19.4. The summed E-state index contributed by atoms with van der Waals surface area (Å²) in [7, 11) is 0. The Morgan fingerprint density at radius 1 is 0.938 bits per heavy atom. The van der Waals surface area contributed by atoms with Crippen molar-refractivity contribution in [2.75, 3.05) is 10.6 Å². The molecule has 0 aliphatic heterocycles. The van der Waals surface area contributed by atoms with E-state index in [9.17, 15) is 22.4 Å². The van der Waals surface area contributed by atoms with E-state index < -0.39 is 23.6 Å². The van der Waals surface area contributed by atoms with Crippen LogP contribution < -0.4 is 10.6 Å². The number of H-pyrrole nitrogens is 1. The number of hydrogen-bond donors (Lipinski definition) is 3. The predicted molar refractivity (Wildman–Crippen MR) is 111 cm³/mol. The van der Waals surface area contributed by atoms with Crippen molar-refractivity contribution in [3.05, 3.63) is 84.6 Å². The quantitative estimate of drug-likeness (QED) is 0.343. The molecule has 0 fully saturated rings. The van der Waals surface area contributed by atoms with E-state index in [1.54, 1.807) is 42.9 Å². The zero-order chi connectivity index (χ0) is 22.7. The van der Waals surface area contributed by atoms with E-state index in [2.05, 4.69) is 25.8 Å². The number of carbonyl (C=O) groups excluding carboxylic acids is 1. The average Bonchev–Trinajstić information content (AvgIpc) is 3.25. The third-order valence-electron chi connectivity index (χ3n) is 4.57. The van der Waals surface area contributed by atoms with Gasteiger partial charge in [0.15, 0.2) is 0 Å². The van der Waals surface area contributed by atoms with E-state index in [4.69, 9.17) is 0 Å². The molecule has 0 aliphatic carbocycles. The Morgan fingerprint density at radius 2 is 1.72 bits per heavy atom. The minimum absolute atomic E-state index is 0.328. The minimum atomic E-state index is -4.68. The molecule has 0 aliphatic rings. The number of alkyl halides is 3. The molecule has 2 aromatic carbocycles. The Bertz CT molecular complexity index is 1250. The number of benzene rings is 2. The number of hydrogen-bond acceptors (Lipinski definition) is 3. The summed E-state index contributed by atoms with van der Waals surface area (Å²) >= 11 is 0. The maximum Gasteiger partial charge on any atom is 0.416 e. The molecule has 0 bridgehead atoms. The lowest BCUT2D eigenvalue weighted by molar-refractivity contribution is -0.137. The Morgan fingerprint density at radius 3 is 2.44 bits per heavy atom. The zero-order valence-electron chi connectivity index (χ0n) is 16.2. The van der Waals surface area contributed by atoms with Gasteiger partial charge in [0.2, 0.25) is 0 Å². The van der Waals surface area contributed by atoms with E-state index >= 15 is 0 Å². The van der Waals surface area contributed by atoms with Gasteiger partial charge in [-0.1, -0.05) is 12.1 Å². The number of urea groups is 1. The van der Waals surface area contributed by atoms with E-state index in [1.165, 1.54) is 0 Å². The molecular weight excluding hydrogens is 426 g/mol. The molecule has 2 heterocycles. The molecule has 4 aromatic rings. The van der Waals surface area contributed by atoms with Crippen molar-refractivity contribution in [1.82, 2.24) is 15.2 Å². The lowest BCUT2D eigenvalue weighted by Gasteiger charge is -2.11. The second-order valence-corrected chi connectivity index (χ2v) is 6.74. The maximum absolute atomic E-state index is 14.0. The third kappa shape index (κ3) is 4.59. The van der Waals surface area contributed by atoms with Crippen LogP contribution in [-0.4, -0.2) is 21.2 Å². The summed E-state index contributed by atoms with van der Waals surface area (Å²) in [5.41, 5.74) is 1.96. The van der Waals surface area contributed by atoms with Crippen molar-refractivity contribution in [2.45, 2.75) is 6.18 Å². The SMILES string of the molecule is O=C(Nc1cccc(-c2n[nH]cc2-c2ccncc2)c1)Nc1ccc(C(F)(F)F)cc1F. The molecule has 0 atom stereocenters. The Kier molecular flexibility index (Phi) is 5.59. The van der Waals surface area contributed by atoms with Crippen molar-refractivity contribution in [1.29, 1.82) is 0 Å². The van der Waals surface area contributed by atoms with Gasteiger partial charge in [-0.25, -0.2) is 9.18 Å². The molecule has 10 heteroatoms. The molecule has 4 rings (SSSR count). The number of amides is 2. The van der Waals surface area contributed by atoms with Gasteiger partial charge in [0.25, 0.3) is 0 Å². The largest absolute Gasteiger partial charge is 0.416 e. The van der Waals surface area contributed by atoms with Crippen molar-refractivity contribution in [3.8, 4) is 22.4 Å². The zero-order valence-corrected chi connectivity index (χ0v) is 16.2. The van der Waals surface area contributed by atoms with Gasteiger partial charge in [0, 0.05) is 35.4 Å². The predicted octanol–water partition coefficient (Wildman–Crippen LogP) is 5.94. The number of nitrogens with one attached hydrogen (secondary N) is 3. The number of aromatic nitrogens is 3. The first kappa shape index (κ1) is 21.0. The summed E-state index contributed by atoms with van der Waals surface area (Å²) in [5, 5.41) is 11.8. The molecule has 0 saturated carbocycles. The summed E-state index contributed by atoms with van der Waals surface area (Å²) in [6.45, 7) is 0. The van der Waals surface area contributed by atoms with Gasteiger partial charge in [0.1, 0.15) is 5.82 Å². The fourth-order valence-electron chi connectivity index (χ4n) is 3.08. The van der Waals surface area contributed by atoms with Crippen molar-refractivity contribution in [3.63, 3.8) is 0 Å². The van der Waals surface area contributed by atoms with Gasteiger partial charge >= 0.3 is 12.2 Å². The summed E-state index contributed by atoms with van der Waals surface area (Å²) in [4.78, 5) is 16.3. The molecule has 0 unspecified atom stereocenters. The van der Waals surface area contributed by atoms with Crippen LogP contribution >= 0.6 is 0 Å². The first-order valence-electron chi connectivity index (χ1n) is 9.30. The lowest BCUT2D eigenvalue weighted by Crippen LogP contribution is -2.20. The van der Waals surface area contributed by atoms with Crippen LogP contribution in [0.5, 0.6) is 0 Å². The third-order valence-corrected chi connectivity index (χ3v) is 4.57. The van der Waals surface area contributed by atoms with Crippen LogP contribution in [0.25, 0.3) is 22.4 Å². The highest BCUT2D eigenvalue weighted by molar-refractivity contribution is 6.00.